The summed E-state index contributed by atoms with van der Waals surface area (Å²) in [6, 6.07) is 1.99. The first-order chi connectivity index (χ1) is 11.2. The van der Waals surface area contributed by atoms with E-state index in [0.717, 1.165) is 49.2 Å². The number of hydrogen-bond acceptors (Lipinski definition) is 3. The van der Waals surface area contributed by atoms with E-state index >= 15 is 0 Å². The number of rotatable bonds is 2. The minimum atomic E-state index is 0.113. The van der Waals surface area contributed by atoms with Crippen molar-refractivity contribution in [2.24, 2.45) is 5.92 Å². The van der Waals surface area contributed by atoms with E-state index in [2.05, 4.69) is 4.90 Å². The van der Waals surface area contributed by atoms with Crippen LogP contribution in [0, 0.1) is 12.8 Å². The lowest BCUT2D eigenvalue weighted by Crippen LogP contribution is -2.44. The molecule has 0 aromatic carbocycles. The fraction of sp³-hybridized carbons (Fsp3) is 0.667. The van der Waals surface area contributed by atoms with E-state index in [1.807, 2.05) is 23.3 Å². The molecule has 2 aliphatic rings. The van der Waals surface area contributed by atoms with E-state index in [-0.39, 0.29) is 11.8 Å². The van der Waals surface area contributed by atoms with Crippen molar-refractivity contribution in [1.29, 1.82) is 0 Å². The highest BCUT2D eigenvalue weighted by molar-refractivity contribution is 7.12. The van der Waals surface area contributed by atoms with E-state index in [0.29, 0.717) is 19.0 Å². The van der Waals surface area contributed by atoms with Gasteiger partial charge in [-0.2, -0.15) is 0 Å². The molecule has 2 aliphatic heterocycles. The number of amides is 2. The fourth-order valence-corrected chi connectivity index (χ4v) is 4.51. The first-order valence-electron chi connectivity index (χ1n) is 8.79. The van der Waals surface area contributed by atoms with Crippen molar-refractivity contribution in [2.75, 3.05) is 26.2 Å². The number of piperidine rings is 1. The van der Waals surface area contributed by atoms with Gasteiger partial charge < -0.3 is 9.80 Å². The molecule has 0 aliphatic carbocycles. The molecule has 0 unspecified atom stereocenters. The first-order valence-corrected chi connectivity index (χ1v) is 9.67. The number of carbonyl (C=O) groups excluding carboxylic acids is 2. The lowest BCUT2D eigenvalue weighted by Gasteiger charge is -2.34. The van der Waals surface area contributed by atoms with Crippen molar-refractivity contribution >= 4 is 23.2 Å². The number of likely N-dealkylation sites (tertiary alicyclic amines) is 2. The maximum absolute atomic E-state index is 12.7. The molecular formula is C18H26N2O2S. The third-order valence-electron chi connectivity index (χ3n) is 5.11. The summed E-state index contributed by atoms with van der Waals surface area (Å²) in [6.07, 6.45) is 6.40. The quantitative estimate of drug-likeness (QED) is 0.832. The van der Waals surface area contributed by atoms with E-state index in [1.54, 1.807) is 0 Å². The Kier molecular flexibility index (Phi) is 5.36. The second-order valence-electron chi connectivity index (χ2n) is 6.74. The normalized spacial score (nSPS) is 20.4. The maximum Gasteiger partial charge on any atom is 0.264 e. The summed E-state index contributed by atoms with van der Waals surface area (Å²) >= 11 is 1.52. The first kappa shape index (κ1) is 16.5. The van der Waals surface area contributed by atoms with Gasteiger partial charge in [0, 0.05) is 32.1 Å². The van der Waals surface area contributed by atoms with Crippen molar-refractivity contribution in [3.8, 4) is 0 Å². The van der Waals surface area contributed by atoms with Gasteiger partial charge in [0.15, 0.2) is 0 Å². The highest BCUT2D eigenvalue weighted by Crippen LogP contribution is 2.25. The van der Waals surface area contributed by atoms with Crippen LogP contribution in [0.2, 0.25) is 0 Å². The van der Waals surface area contributed by atoms with Crippen molar-refractivity contribution < 1.29 is 9.59 Å². The Balaban J connectivity index is 1.54. The van der Waals surface area contributed by atoms with Crippen LogP contribution in [0.3, 0.4) is 0 Å². The van der Waals surface area contributed by atoms with Gasteiger partial charge in [0.2, 0.25) is 5.91 Å². The molecule has 3 heterocycles. The Labute approximate surface area is 142 Å². The Bertz CT molecular complexity index is 553. The minimum absolute atomic E-state index is 0.113. The van der Waals surface area contributed by atoms with Gasteiger partial charge in [-0.15, -0.1) is 11.3 Å². The number of nitrogens with zero attached hydrogens (tertiary/aromatic N) is 2. The highest BCUT2D eigenvalue weighted by atomic mass is 32.1. The van der Waals surface area contributed by atoms with Crippen molar-refractivity contribution in [1.82, 2.24) is 9.80 Å². The molecule has 1 aromatic rings. The van der Waals surface area contributed by atoms with Crippen LogP contribution in [0.15, 0.2) is 11.4 Å². The SMILES string of the molecule is Cc1ccsc1C(=O)N1CCC(C(=O)N2CCCCCC2)CC1. The van der Waals surface area contributed by atoms with Crippen molar-refractivity contribution in [3.63, 3.8) is 0 Å². The molecule has 1 aromatic heterocycles. The molecule has 2 amide bonds. The average molecular weight is 334 g/mol. The van der Waals surface area contributed by atoms with Crippen LogP contribution >= 0.6 is 11.3 Å². The predicted molar refractivity (Wildman–Crippen MR) is 92.7 cm³/mol. The number of hydrogen-bond donors (Lipinski definition) is 0. The molecule has 2 saturated heterocycles. The molecule has 0 spiro atoms. The van der Waals surface area contributed by atoms with Crippen LogP contribution in [0.1, 0.15) is 53.8 Å². The summed E-state index contributed by atoms with van der Waals surface area (Å²) in [5.41, 5.74) is 1.06. The summed E-state index contributed by atoms with van der Waals surface area (Å²) < 4.78 is 0. The van der Waals surface area contributed by atoms with E-state index in [9.17, 15) is 9.59 Å². The summed E-state index contributed by atoms with van der Waals surface area (Å²) in [5, 5.41) is 1.97. The lowest BCUT2D eigenvalue weighted by atomic mass is 9.95. The van der Waals surface area contributed by atoms with Gasteiger partial charge in [0.25, 0.3) is 5.91 Å². The fourth-order valence-electron chi connectivity index (χ4n) is 3.61. The molecule has 3 rings (SSSR count). The molecule has 0 N–H and O–H groups in total. The molecule has 0 saturated carbocycles. The number of carbonyl (C=O) groups is 2. The molecule has 126 valence electrons. The zero-order chi connectivity index (χ0) is 16.2. The Morgan fingerprint density at radius 2 is 1.65 bits per heavy atom. The smallest absolute Gasteiger partial charge is 0.264 e. The Morgan fingerprint density at radius 3 is 2.22 bits per heavy atom. The minimum Gasteiger partial charge on any atom is -0.342 e. The van der Waals surface area contributed by atoms with Crippen LogP contribution in [-0.2, 0) is 4.79 Å². The summed E-state index contributed by atoms with van der Waals surface area (Å²) in [7, 11) is 0. The van der Waals surface area contributed by atoms with Crippen molar-refractivity contribution in [2.45, 2.75) is 45.4 Å². The van der Waals surface area contributed by atoms with Crippen LogP contribution in [0.5, 0.6) is 0 Å². The van der Waals surface area contributed by atoms with Gasteiger partial charge in [-0.05, 0) is 49.6 Å². The molecule has 0 bridgehead atoms. The Hall–Kier alpha value is -1.36. The molecule has 23 heavy (non-hydrogen) atoms. The number of thiophene rings is 1. The molecule has 2 fully saturated rings. The second kappa shape index (κ2) is 7.47. The molecule has 4 nitrogen and oxygen atoms in total. The monoisotopic (exact) mass is 334 g/mol. The topological polar surface area (TPSA) is 40.6 Å². The maximum atomic E-state index is 12.7. The van der Waals surface area contributed by atoms with Gasteiger partial charge >= 0.3 is 0 Å². The largest absolute Gasteiger partial charge is 0.342 e. The van der Waals surface area contributed by atoms with Gasteiger partial charge in [-0.1, -0.05) is 12.8 Å². The molecule has 0 atom stereocenters. The van der Waals surface area contributed by atoms with Crippen LogP contribution < -0.4 is 0 Å². The van der Waals surface area contributed by atoms with Gasteiger partial charge in [0.1, 0.15) is 0 Å². The molecule has 0 radical (unpaired) electrons. The number of aryl methyl sites for hydroxylation is 1. The zero-order valence-electron chi connectivity index (χ0n) is 13.9. The highest BCUT2D eigenvalue weighted by Gasteiger charge is 2.31. The van der Waals surface area contributed by atoms with E-state index < -0.39 is 0 Å². The van der Waals surface area contributed by atoms with Crippen LogP contribution in [0.25, 0.3) is 0 Å². The van der Waals surface area contributed by atoms with Gasteiger partial charge in [-0.3, -0.25) is 9.59 Å². The second-order valence-corrected chi connectivity index (χ2v) is 7.65. The summed E-state index contributed by atoms with van der Waals surface area (Å²) in [5.74, 6) is 0.575. The third kappa shape index (κ3) is 3.77. The van der Waals surface area contributed by atoms with E-state index in [1.165, 1.54) is 24.2 Å². The van der Waals surface area contributed by atoms with Gasteiger partial charge in [-0.25, -0.2) is 0 Å². The van der Waals surface area contributed by atoms with Crippen LogP contribution in [-0.4, -0.2) is 47.8 Å². The molecular weight excluding hydrogens is 308 g/mol. The van der Waals surface area contributed by atoms with E-state index in [4.69, 9.17) is 0 Å². The Morgan fingerprint density at radius 1 is 1.00 bits per heavy atom. The average Bonchev–Trinajstić information content (AvgIpc) is 2.84. The summed E-state index contributed by atoms with van der Waals surface area (Å²) in [4.78, 5) is 30.1. The predicted octanol–water partition coefficient (Wildman–Crippen LogP) is 3.31. The van der Waals surface area contributed by atoms with Crippen molar-refractivity contribution in [3.05, 3.63) is 21.9 Å². The lowest BCUT2D eigenvalue weighted by molar-refractivity contribution is -0.136. The molecule has 5 heteroatoms. The summed E-state index contributed by atoms with van der Waals surface area (Å²) in [6.45, 7) is 5.25. The standard InChI is InChI=1S/C18H26N2O2S/c1-14-8-13-23-16(14)18(22)20-11-6-15(7-12-20)17(21)19-9-4-2-3-5-10-19/h8,13,15H,2-7,9-12H2,1H3. The van der Waals surface area contributed by atoms with Gasteiger partial charge in [0.05, 0.1) is 4.88 Å². The zero-order valence-corrected chi connectivity index (χ0v) is 14.7. The third-order valence-corrected chi connectivity index (χ3v) is 6.11. The van der Waals surface area contributed by atoms with Crippen LogP contribution in [0.4, 0.5) is 0 Å².